The maximum Gasteiger partial charge on any atom is 0.407 e. The largest absolute Gasteiger partial charge is 0.444 e. The lowest BCUT2D eigenvalue weighted by atomic mass is 9.91. The Morgan fingerprint density at radius 1 is 1.12 bits per heavy atom. The fourth-order valence-corrected chi connectivity index (χ4v) is 6.99. The first kappa shape index (κ1) is 39.7. The van der Waals surface area contributed by atoms with E-state index in [0.29, 0.717) is 13.3 Å². The average Bonchev–Trinajstić information content (AvgIpc) is 3.36. The van der Waals surface area contributed by atoms with Crippen LogP contribution in [0.1, 0.15) is 91.2 Å². The second-order valence-electron chi connectivity index (χ2n) is 15.9. The number of fused-ring (bicyclic) bond motifs is 1. The molecule has 276 valence electrons. The zero-order valence-corrected chi connectivity index (χ0v) is 33.4. The van der Waals surface area contributed by atoms with Crippen molar-refractivity contribution in [3.8, 4) is 0 Å². The van der Waals surface area contributed by atoms with Gasteiger partial charge in [0.2, 0.25) is 0 Å². The van der Waals surface area contributed by atoms with Gasteiger partial charge in [-0.25, -0.2) is 15.2 Å². The van der Waals surface area contributed by atoms with Crippen LogP contribution in [0.15, 0.2) is 75.6 Å². The van der Waals surface area contributed by atoms with Crippen molar-refractivity contribution in [3.63, 3.8) is 0 Å². The number of hydrazine groups is 1. The predicted molar refractivity (Wildman–Crippen MR) is 211 cm³/mol. The number of halogens is 1. The molecule has 50 heavy (non-hydrogen) atoms. The first-order chi connectivity index (χ1) is 23.7. The van der Waals surface area contributed by atoms with Crippen molar-refractivity contribution in [3.05, 3.63) is 76.1 Å². The van der Waals surface area contributed by atoms with E-state index in [2.05, 4.69) is 102 Å². The van der Waals surface area contributed by atoms with E-state index in [0.717, 1.165) is 96.7 Å². The third-order valence-corrected chi connectivity index (χ3v) is 11.1. The van der Waals surface area contributed by atoms with Crippen molar-refractivity contribution in [2.24, 2.45) is 4.99 Å². The minimum Gasteiger partial charge on any atom is -0.444 e. The SMILES string of the molecule is CCC=CC(Cl)=C(C)CNc1cccc(C2NN(COCC[Si](C)(C)C)C3=NC(NC4CCC(NC(=O)OC(C)(C)C)CC4)=CCCC=C32)c1. The molecule has 1 aromatic carbocycles. The Morgan fingerprint density at radius 2 is 1.84 bits per heavy atom. The van der Waals surface area contributed by atoms with E-state index in [1.807, 2.05) is 26.8 Å². The number of hydrogen-bond acceptors (Lipinski definition) is 8. The summed E-state index contributed by atoms with van der Waals surface area (Å²) in [5, 5.41) is 13.2. The summed E-state index contributed by atoms with van der Waals surface area (Å²) in [6.45, 7) is 18.8. The average molecular weight is 725 g/mol. The molecule has 3 aliphatic rings. The first-order valence-corrected chi connectivity index (χ1v) is 22.5. The molecule has 0 aromatic heterocycles. The molecule has 2 aliphatic heterocycles. The Bertz CT molecular complexity index is 1450. The highest BCUT2D eigenvalue weighted by Crippen LogP contribution is 2.34. The summed E-state index contributed by atoms with van der Waals surface area (Å²) in [6, 6.07) is 10.1. The van der Waals surface area contributed by atoms with Crippen LogP contribution in [0.2, 0.25) is 25.7 Å². The molecule has 1 amide bonds. The second-order valence-corrected chi connectivity index (χ2v) is 21.9. The third-order valence-electron chi connectivity index (χ3n) is 8.91. The van der Waals surface area contributed by atoms with Gasteiger partial charge in [-0.3, -0.25) is 5.01 Å². The van der Waals surface area contributed by atoms with Crippen LogP contribution in [0.3, 0.4) is 0 Å². The van der Waals surface area contributed by atoms with Gasteiger partial charge in [-0.1, -0.05) is 62.5 Å². The van der Waals surface area contributed by atoms with Crippen LogP contribution in [-0.2, 0) is 9.47 Å². The smallest absolute Gasteiger partial charge is 0.407 e. The molecular weight excluding hydrogens is 664 g/mol. The Labute approximate surface area is 307 Å². The van der Waals surface area contributed by atoms with Gasteiger partial charge in [-0.05, 0) is 114 Å². The molecule has 1 atom stereocenters. The van der Waals surface area contributed by atoms with Gasteiger partial charge >= 0.3 is 6.09 Å². The second kappa shape index (κ2) is 18.4. The number of rotatable bonds is 14. The van der Waals surface area contributed by atoms with Gasteiger partial charge in [0.05, 0.1) is 6.04 Å². The van der Waals surface area contributed by atoms with E-state index in [1.165, 1.54) is 0 Å². The molecule has 2 heterocycles. The third kappa shape index (κ3) is 12.9. The Morgan fingerprint density at radius 3 is 2.54 bits per heavy atom. The molecular formula is C39H61ClN6O3Si. The van der Waals surface area contributed by atoms with Crippen molar-refractivity contribution < 1.29 is 14.3 Å². The summed E-state index contributed by atoms with van der Waals surface area (Å²) in [7, 11) is -1.22. The Kier molecular flexibility index (Phi) is 14.7. The lowest BCUT2D eigenvalue weighted by Crippen LogP contribution is -2.44. The lowest BCUT2D eigenvalue weighted by Gasteiger charge is -2.31. The van der Waals surface area contributed by atoms with Gasteiger partial charge in [0.25, 0.3) is 0 Å². The van der Waals surface area contributed by atoms with Gasteiger partial charge in [-0.15, -0.1) is 0 Å². The molecule has 1 aliphatic carbocycles. The van der Waals surface area contributed by atoms with E-state index >= 15 is 0 Å². The topological polar surface area (TPSA) is 99.3 Å². The number of hydrogen-bond donors (Lipinski definition) is 4. The molecule has 4 rings (SSSR count). The summed E-state index contributed by atoms with van der Waals surface area (Å²) in [6.07, 6.45) is 14.7. The number of allylic oxidation sites excluding steroid dienone is 5. The van der Waals surface area contributed by atoms with Gasteiger partial charge in [-0.2, -0.15) is 0 Å². The summed E-state index contributed by atoms with van der Waals surface area (Å²) in [4.78, 5) is 17.6. The minimum atomic E-state index is -1.22. The number of amidine groups is 1. The molecule has 0 spiro atoms. The lowest BCUT2D eigenvalue weighted by molar-refractivity contribution is 0.0489. The highest BCUT2D eigenvalue weighted by molar-refractivity contribution is 6.76. The number of carbonyl (C=O) groups is 1. The van der Waals surface area contributed by atoms with Gasteiger partial charge in [0, 0.05) is 49.6 Å². The van der Waals surface area contributed by atoms with Crippen LogP contribution >= 0.6 is 11.6 Å². The number of nitrogens with one attached hydrogen (secondary N) is 4. The molecule has 2 fully saturated rings. The van der Waals surface area contributed by atoms with Crippen molar-refractivity contribution in [1.82, 2.24) is 21.1 Å². The van der Waals surface area contributed by atoms with Crippen molar-refractivity contribution in [1.29, 1.82) is 0 Å². The highest BCUT2D eigenvalue weighted by atomic mass is 35.5. The fraction of sp³-hybridized carbons (Fsp3) is 0.590. The molecule has 1 saturated heterocycles. The van der Waals surface area contributed by atoms with Gasteiger partial charge < -0.3 is 25.4 Å². The molecule has 0 radical (unpaired) electrons. The normalized spacial score (nSPS) is 22.1. The number of amides is 1. The predicted octanol–water partition coefficient (Wildman–Crippen LogP) is 9.14. The number of anilines is 1. The minimum absolute atomic E-state index is 0.0578. The van der Waals surface area contributed by atoms with Crippen LogP contribution in [0.25, 0.3) is 0 Å². The van der Waals surface area contributed by atoms with Crippen LogP contribution in [0.4, 0.5) is 10.5 Å². The highest BCUT2D eigenvalue weighted by Gasteiger charge is 2.35. The summed E-state index contributed by atoms with van der Waals surface area (Å²) in [5.74, 6) is 1.80. The van der Waals surface area contributed by atoms with Crippen LogP contribution in [-0.4, -0.2) is 62.6 Å². The maximum atomic E-state index is 12.3. The number of carbonyl (C=O) groups excluding carboxylic acids is 1. The van der Waals surface area contributed by atoms with E-state index in [9.17, 15) is 4.79 Å². The van der Waals surface area contributed by atoms with Crippen molar-refractivity contribution in [2.75, 3.05) is 25.2 Å². The molecule has 0 bridgehead atoms. The number of aliphatic imine (C=N–C) groups is 1. The number of ether oxygens (including phenoxy) is 2. The Balaban J connectivity index is 1.48. The van der Waals surface area contributed by atoms with Crippen LogP contribution in [0.5, 0.6) is 0 Å². The standard InChI is InChI=1S/C39H61ClN6O3Si/c1-9-10-17-34(40)28(2)26-41-32-15-13-14-29(25-32)36-33-16-11-12-18-35(44-37(33)46(45-36)27-48-23-24-50(6,7)8)42-30-19-21-31(22-20-30)43-38(47)49-39(3,4)5/h10,13-18,25,30-31,36,41-42,45H,9,11-12,19-24,26-27H2,1-8H3,(H,43,47). The van der Waals surface area contributed by atoms with E-state index < -0.39 is 13.7 Å². The summed E-state index contributed by atoms with van der Waals surface area (Å²) >= 11 is 6.50. The zero-order valence-electron chi connectivity index (χ0n) is 31.6. The van der Waals surface area contributed by atoms with E-state index in [-0.39, 0.29) is 24.2 Å². The monoisotopic (exact) mass is 724 g/mol. The Hall–Kier alpha value is -3.05. The first-order valence-electron chi connectivity index (χ1n) is 18.4. The summed E-state index contributed by atoms with van der Waals surface area (Å²) in [5.41, 5.74) is 7.71. The quantitative estimate of drug-likeness (QED) is 0.0863. The van der Waals surface area contributed by atoms with Crippen LogP contribution < -0.4 is 21.4 Å². The van der Waals surface area contributed by atoms with Crippen LogP contribution in [0, 0.1) is 0 Å². The number of benzene rings is 1. The molecule has 11 heteroatoms. The fourth-order valence-electron chi connectivity index (χ4n) is 6.08. The van der Waals surface area contributed by atoms with E-state index in [4.69, 9.17) is 26.1 Å². The molecule has 4 N–H and O–H groups in total. The molecule has 1 aromatic rings. The van der Waals surface area contributed by atoms with Gasteiger partial charge in [0.1, 0.15) is 18.2 Å². The number of alkyl carbamates (subject to hydrolysis) is 1. The zero-order chi connectivity index (χ0) is 36.3. The van der Waals surface area contributed by atoms with Gasteiger partial charge in [0.15, 0.2) is 5.84 Å². The molecule has 1 unspecified atom stereocenters. The van der Waals surface area contributed by atoms with Crippen molar-refractivity contribution >= 4 is 37.3 Å². The van der Waals surface area contributed by atoms with Crippen molar-refractivity contribution in [2.45, 2.75) is 129 Å². The van der Waals surface area contributed by atoms with E-state index in [1.54, 1.807) is 0 Å². The summed E-state index contributed by atoms with van der Waals surface area (Å²) < 4.78 is 11.7. The number of nitrogens with zero attached hydrogens (tertiary/aromatic N) is 2. The molecule has 1 saturated carbocycles. The molecule has 9 nitrogen and oxygen atoms in total. The maximum absolute atomic E-state index is 12.3.